The van der Waals surface area contributed by atoms with Crippen LogP contribution >= 0.6 is 11.6 Å². The summed E-state index contributed by atoms with van der Waals surface area (Å²) in [4.78, 5) is 26.1. The molecule has 2 aliphatic rings. The zero-order chi connectivity index (χ0) is 22.3. The standard InChI is InChI=1S/C26H26ClNO3/c1-15-22(25(30)31-4)23(24-20(28-15)13-26(2,3)14-21(24)29)18-9-5-7-16(11-18)17-8-6-10-19(27)12-17/h5-12,23,28H,13-14H2,1-4H3. The Labute approximate surface area is 187 Å². The first-order chi connectivity index (χ1) is 14.7. The van der Waals surface area contributed by atoms with Crippen LogP contribution in [0.25, 0.3) is 11.1 Å². The average Bonchev–Trinajstić information content (AvgIpc) is 2.71. The van der Waals surface area contributed by atoms with Gasteiger partial charge < -0.3 is 10.1 Å². The quantitative estimate of drug-likeness (QED) is 0.620. The number of rotatable bonds is 3. The molecule has 5 heteroatoms. The van der Waals surface area contributed by atoms with Crippen LogP contribution in [-0.2, 0) is 14.3 Å². The third-order valence-electron chi connectivity index (χ3n) is 6.02. The summed E-state index contributed by atoms with van der Waals surface area (Å²) >= 11 is 6.19. The van der Waals surface area contributed by atoms with E-state index in [1.54, 1.807) is 0 Å². The topological polar surface area (TPSA) is 55.4 Å². The Morgan fingerprint density at radius 2 is 1.77 bits per heavy atom. The number of hydrogen-bond acceptors (Lipinski definition) is 4. The van der Waals surface area contributed by atoms with Crippen molar-refractivity contribution in [2.45, 2.75) is 39.5 Å². The van der Waals surface area contributed by atoms with Crippen LogP contribution in [0.3, 0.4) is 0 Å². The van der Waals surface area contributed by atoms with Gasteiger partial charge in [-0.15, -0.1) is 0 Å². The third-order valence-corrected chi connectivity index (χ3v) is 6.26. The number of methoxy groups -OCH3 is 1. The molecule has 0 spiro atoms. The lowest BCUT2D eigenvalue weighted by atomic mass is 9.68. The van der Waals surface area contributed by atoms with Crippen molar-refractivity contribution in [1.29, 1.82) is 0 Å². The molecule has 1 aliphatic heterocycles. The van der Waals surface area contributed by atoms with E-state index >= 15 is 0 Å². The van der Waals surface area contributed by atoms with E-state index in [1.165, 1.54) is 7.11 Å². The van der Waals surface area contributed by atoms with E-state index < -0.39 is 11.9 Å². The molecule has 1 unspecified atom stereocenters. The minimum atomic E-state index is -0.466. The number of ether oxygens (including phenoxy) is 1. The van der Waals surface area contributed by atoms with E-state index in [-0.39, 0.29) is 11.2 Å². The summed E-state index contributed by atoms with van der Waals surface area (Å²) in [6, 6.07) is 15.6. The maximum atomic E-state index is 13.3. The molecule has 0 saturated heterocycles. The van der Waals surface area contributed by atoms with Crippen LogP contribution in [0.2, 0.25) is 5.02 Å². The van der Waals surface area contributed by atoms with Gasteiger partial charge in [-0.3, -0.25) is 4.79 Å². The second-order valence-electron chi connectivity index (χ2n) is 9.06. The Morgan fingerprint density at radius 1 is 1.10 bits per heavy atom. The molecular weight excluding hydrogens is 410 g/mol. The first kappa shape index (κ1) is 21.4. The Kier molecular flexibility index (Phi) is 5.52. The van der Waals surface area contributed by atoms with Crippen LogP contribution in [0, 0.1) is 5.41 Å². The summed E-state index contributed by atoms with van der Waals surface area (Å²) in [7, 11) is 1.37. The van der Waals surface area contributed by atoms with Gasteiger partial charge in [0.2, 0.25) is 0 Å². The van der Waals surface area contributed by atoms with Crippen molar-refractivity contribution in [1.82, 2.24) is 5.32 Å². The van der Waals surface area contributed by atoms with Gasteiger partial charge in [-0.25, -0.2) is 4.79 Å². The van der Waals surface area contributed by atoms with E-state index in [0.717, 1.165) is 34.5 Å². The van der Waals surface area contributed by atoms with Gasteiger partial charge in [0.15, 0.2) is 5.78 Å². The number of Topliss-reactive ketones (excluding diaryl/α,β-unsaturated/α-hetero) is 1. The van der Waals surface area contributed by atoms with Gasteiger partial charge in [-0.1, -0.05) is 61.8 Å². The molecule has 2 aromatic carbocycles. The molecule has 0 radical (unpaired) electrons. The van der Waals surface area contributed by atoms with Crippen LogP contribution in [-0.4, -0.2) is 18.9 Å². The summed E-state index contributed by atoms with van der Waals surface area (Å²) in [5.41, 5.74) is 5.52. The summed E-state index contributed by atoms with van der Waals surface area (Å²) in [6.07, 6.45) is 1.20. The largest absolute Gasteiger partial charge is 0.466 e. The molecule has 1 heterocycles. The molecule has 1 atom stereocenters. The smallest absolute Gasteiger partial charge is 0.336 e. The average molecular weight is 436 g/mol. The van der Waals surface area contributed by atoms with E-state index in [9.17, 15) is 9.59 Å². The highest BCUT2D eigenvalue weighted by Gasteiger charge is 2.43. The fourth-order valence-corrected chi connectivity index (χ4v) is 4.91. The number of allylic oxidation sites excluding steroid dienone is 3. The molecular formula is C26H26ClNO3. The Bertz CT molecular complexity index is 1140. The number of nitrogens with one attached hydrogen (secondary N) is 1. The second kappa shape index (κ2) is 8.01. The van der Waals surface area contributed by atoms with Gasteiger partial charge in [0, 0.05) is 34.3 Å². The number of halogens is 1. The molecule has 160 valence electrons. The van der Waals surface area contributed by atoms with Crippen molar-refractivity contribution in [3.05, 3.63) is 81.7 Å². The summed E-state index contributed by atoms with van der Waals surface area (Å²) in [5, 5.41) is 4.00. The molecule has 0 aromatic heterocycles. The number of carbonyl (C=O) groups is 2. The molecule has 31 heavy (non-hydrogen) atoms. The highest BCUT2D eigenvalue weighted by atomic mass is 35.5. The van der Waals surface area contributed by atoms with Crippen molar-refractivity contribution in [2.75, 3.05) is 7.11 Å². The molecule has 0 amide bonds. The lowest BCUT2D eigenvalue weighted by molar-refractivity contribution is -0.136. The number of ketones is 1. The summed E-state index contributed by atoms with van der Waals surface area (Å²) in [6.45, 7) is 6.07. The molecule has 1 N–H and O–H groups in total. The molecule has 0 fully saturated rings. The number of dihydropyridines is 1. The van der Waals surface area contributed by atoms with E-state index in [2.05, 4.69) is 19.2 Å². The van der Waals surface area contributed by atoms with Gasteiger partial charge in [0.1, 0.15) is 0 Å². The first-order valence-electron chi connectivity index (χ1n) is 10.4. The van der Waals surface area contributed by atoms with E-state index in [0.29, 0.717) is 22.6 Å². The third kappa shape index (κ3) is 4.05. The molecule has 0 bridgehead atoms. The maximum absolute atomic E-state index is 13.3. The monoisotopic (exact) mass is 435 g/mol. The highest BCUT2D eigenvalue weighted by Crippen LogP contribution is 2.47. The molecule has 4 rings (SSSR count). The van der Waals surface area contributed by atoms with Crippen molar-refractivity contribution in [3.8, 4) is 11.1 Å². The second-order valence-corrected chi connectivity index (χ2v) is 9.49. The molecule has 1 aliphatic carbocycles. The van der Waals surface area contributed by atoms with Crippen LogP contribution in [0.1, 0.15) is 45.1 Å². The molecule has 4 nitrogen and oxygen atoms in total. The molecule has 2 aromatic rings. The van der Waals surface area contributed by atoms with Gasteiger partial charge in [0.05, 0.1) is 12.7 Å². The van der Waals surface area contributed by atoms with Crippen molar-refractivity contribution in [2.24, 2.45) is 5.41 Å². The number of carbonyl (C=O) groups excluding carboxylic acids is 2. The SMILES string of the molecule is COC(=O)C1=C(C)NC2=C(C(=O)CC(C)(C)C2)C1c1cccc(-c2cccc(Cl)c2)c1. The number of esters is 1. The van der Waals surface area contributed by atoms with Gasteiger partial charge >= 0.3 is 5.97 Å². The lowest BCUT2D eigenvalue weighted by Crippen LogP contribution is -2.38. The molecule has 0 saturated carbocycles. The van der Waals surface area contributed by atoms with Crippen molar-refractivity contribution >= 4 is 23.4 Å². The Hall–Kier alpha value is -2.85. The normalized spacial score (nSPS) is 20.3. The Balaban J connectivity index is 1.89. The minimum Gasteiger partial charge on any atom is -0.466 e. The van der Waals surface area contributed by atoms with Gasteiger partial charge in [-0.2, -0.15) is 0 Å². The summed E-state index contributed by atoms with van der Waals surface area (Å²) < 4.78 is 5.11. The Morgan fingerprint density at radius 3 is 2.45 bits per heavy atom. The lowest BCUT2D eigenvalue weighted by Gasteiger charge is -2.39. The van der Waals surface area contributed by atoms with Crippen LogP contribution in [0.4, 0.5) is 0 Å². The van der Waals surface area contributed by atoms with Crippen LogP contribution < -0.4 is 5.32 Å². The van der Waals surface area contributed by atoms with Crippen molar-refractivity contribution < 1.29 is 14.3 Å². The van der Waals surface area contributed by atoms with Gasteiger partial charge in [-0.05, 0) is 47.6 Å². The highest BCUT2D eigenvalue weighted by molar-refractivity contribution is 6.30. The predicted octanol–water partition coefficient (Wildman–Crippen LogP) is 5.78. The zero-order valence-corrected chi connectivity index (χ0v) is 19.0. The van der Waals surface area contributed by atoms with E-state index in [4.69, 9.17) is 16.3 Å². The minimum absolute atomic E-state index is 0.0748. The van der Waals surface area contributed by atoms with Crippen molar-refractivity contribution in [3.63, 3.8) is 0 Å². The fourth-order valence-electron chi connectivity index (χ4n) is 4.72. The maximum Gasteiger partial charge on any atom is 0.336 e. The zero-order valence-electron chi connectivity index (χ0n) is 18.2. The van der Waals surface area contributed by atoms with Crippen LogP contribution in [0.15, 0.2) is 71.1 Å². The predicted molar refractivity (Wildman–Crippen MR) is 123 cm³/mol. The first-order valence-corrected chi connectivity index (χ1v) is 10.8. The number of benzene rings is 2. The number of hydrogen-bond donors (Lipinski definition) is 1. The van der Waals surface area contributed by atoms with E-state index in [1.807, 2.05) is 55.5 Å². The van der Waals surface area contributed by atoms with Crippen LogP contribution in [0.5, 0.6) is 0 Å². The van der Waals surface area contributed by atoms with Gasteiger partial charge in [0.25, 0.3) is 0 Å². The fraction of sp³-hybridized carbons (Fsp3) is 0.308. The summed E-state index contributed by atoms with van der Waals surface area (Å²) in [5.74, 6) is -0.815.